The second-order valence-corrected chi connectivity index (χ2v) is 6.18. The standard InChI is InChI=1S/C16H23N3O/c1-12(2)14-10-16(8-9-20-14)11-18-15(17)19(16)13-6-4-3-5-7-13/h3-7,12,14H,8-11H2,1-2H3,(H2,17,18). The van der Waals surface area contributed by atoms with E-state index in [2.05, 4.69) is 35.9 Å². The molecule has 2 atom stereocenters. The van der Waals surface area contributed by atoms with Gasteiger partial charge in [0.1, 0.15) is 0 Å². The minimum absolute atomic E-state index is 0.00137. The second-order valence-electron chi connectivity index (χ2n) is 6.18. The fourth-order valence-electron chi connectivity index (χ4n) is 3.31. The predicted octanol–water partition coefficient (Wildman–Crippen LogP) is 2.40. The lowest BCUT2D eigenvalue weighted by Crippen LogP contribution is -2.57. The highest BCUT2D eigenvalue weighted by Crippen LogP contribution is 2.39. The monoisotopic (exact) mass is 273 g/mol. The van der Waals surface area contributed by atoms with Gasteiger partial charge >= 0.3 is 0 Å². The fourth-order valence-corrected chi connectivity index (χ4v) is 3.31. The molecule has 2 aliphatic rings. The first-order valence-corrected chi connectivity index (χ1v) is 7.39. The Kier molecular flexibility index (Phi) is 3.42. The Morgan fingerprint density at radius 3 is 2.80 bits per heavy atom. The summed E-state index contributed by atoms with van der Waals surface area (Å²) in [6.45, 7) is 6.00. The molecule has 20 heavy (non-hydrogen) atoms. The number of hydrogen-bond donors (Lipinski definition) is 1. The first-order valence-electron chi connectivity index (χ1n) is 7.39. The van der Waals surface area contributed by atoms with E-state index in [1.165, 1.54) is 0 Å². The Morgan fingerprint density at radius 2 is 2.10 bits per heavy atom. The van der Waals surface area contributed by atoms with Gasteiger partial charge in [-0.2, -0.15) is 0 Å². The van der Waals surface area contributed by atoms with Crippen LogP contribution in [0.4, 0.5) is 5.69 Å². The van der Waals surface area contributed by atoms with Crippen LogP contribution < -0.4 is 10.6 Å². The quantitative estimate of drug-likeness (QED) is 0.900. The van der Waals surface area contributed by atoms with E-state index >= 15 is 0 Å². The van der Waals surface area contributed by atoms with Crippen LogP contribution in [-0.4, -0.2) is 30.8 Å². The Balaban J connectivity index is 1.92. The molecule has 0 aliphatic carbocycles. The molecule has 4 heteroatoms. The van der Waals surface area contributed by atoms with E-state index in [1.807, 2.05) is 18.2 Å². The van der Waals surface area contributed by atoms with Crippen molar-refractivity contribution in [3.05, 3.63) is 30.3 Å². The Hall–Kier alpha value is -1.55. The Morgan fingerprint density at radius 1 is 1.35 bits per heavy atom. The van der Waals surface area contributed by atoms with E-state index in [-0.39, 0.29) is 11.6 Å². The van der Waals surface area contributed by atoms with Gasteiger partial charge in [0.05, 0.1) is 18.2 Å². The van der Waals surface area contributed by atoms with Crippen molar-refractivity contribution in [2.75, 3.05) is 18.1 Å². The minimum Gasteiger partial charge on any atom is -0.378 e. The first-order chi connectivity index (χ1) is 9.62. The number of anilines is 1. The molecule has 1 aromatic carbocycles. The third-order valence-corrected chi connectivity index (χ3v) is 4.48. The van der Waals surface area contributed by atoms with Crippen molar-refractivity contribution in [1.29, 1.82) is 0 Å². The van der Waals surface area contributed by atoms with Gasteiger partial charge in [-0.15, -0.1) is 0 Å². The summed E-state index contributed by atoms with van der Waals surface area (Å²) in [6, 6.07) is 10.3. The molecule has 1 fully saturated rings. The second kappa shape index (κ2) is 5.09. The summed E-state index contributed by atoms with van der Waals surface area (Å²) in [5.74, 6) is 1.16. The summed E-state index contributed by atoms with van der Waals surface area (Å²) >= 11 is 0. The number of aliphatic imine (C=N–C) groups is 1. The number of ether oxygens (including phenoxy) is 1. The first kappa shape index (κ1) is 13.4. The maximum Gasteiger partial charge on any atom is 0.196 e. The highest BCUT2D eigenvalue weighted by molar-refractivity contribution is 5.98. The molecule has 2 heterocycles. The molecular formula is C16H23N3O. The summed E-state index contributed by atoms with van der Waals surface area (Å²) in [6.07, 6.45) is 2.26. The van der Waals surface area contributed by atoms with Gasteiger partial charge in [-0.1, -0.05) is 32.0 Å². The molecular weight excluding hydrogens is 250 g/mol. The average molecular weight is 273 g/mol. The van der Waals surface area contributed by atoms with Gasteiger partial charge in [-0.25, -0.2) is 0 Å². The van der Waals surface area contributed by atoms with Crippen LogP contribution in [0.25, 0.3) is 0 Å². The lowest BCUT2D eigenvalue weighted by Gasteiger charge is -2.45. The van der Waals surface area contributed by atoms with Gasteiger partial charge < -0.3 is 15.4 Å². The fraction of sp³-hybridized carbons (Fsp3) is 0.562. The van der Waals surface area contributed by atoms with E-state index in [4.69, 9.17) is 10.5 Å². The van der Waals surface area contributed by atoms with Crippen LogP contribution in [0.2, 0.25) is 0 Å². The zero-order valence-electron chi connectivity index (χ0n) is 12.2. The smallest absolute Gasteiger partial charge is 0.196 e. The van der Waals surface area contributed by atoms with E-state index in [9.17, 15) is 0 Å². The van der Waals surface area contributed by atoms with Gasteiger partial charge in [-0.05, 0) is 30.9 Å². The highest BCUT2D eigenvalue weighted by Gasteiger charge is 2.47. The van der Waals surface area contributed by atoms with Crippen molar-refractivity contribution in [1.82, 2.24) is 0 Å². The van der Waals surface area contributed by atoms with Gasteiger partial charge in [0, 0.05) is 12.3 Å². The maximum atomic E-state index is 6.17. The molecule has 1 spiro atoms. The van der Waals surface area contributed by atoms with E-state index in [0.717, 1.165) is 31.7 Å². The molecule has 2 unspecified atom stereocenters. The van der Waals surface area contributed by atoms with Crippen molar-refractivity contribution in [3.63, 3.8) is 0 Å². The number of nitrogens with zero attached hydrogens (tertiary/aromatic N) is 2. The molecule has 1 aromatic rings. The SMILES string of the molecule is CC(C)C1CC2(CCO1)CN=C(N)N2c1ccccc1. The minimum atomic E-state index is -0.00137. The normalized spacial score (nSPS) is 30.1. The van der Waals surface area contributed by atoms with Gasteiger partial charge in [0.15, 0.2) is 5.96 Å². The van der Waals surface area contributed by atoms with E-state index in [0.29, 0.717) is 11.9 Å². The number of hydrogen-bond acceptors (Lipinski definition) is 4. The van der Waals surface area contributed by atoms with Gasteiger partial charge in [0.25, 0.3) is 0 Å². The van der Waals surface area contributed by atoms with Crippen molar-refractivity contribution >= 4 is 11.6 Å². The van der Waals surface area contributed by atoms with E-state index in [1.54, 1.807) is 0 Å². The Labute approximate surface area is 120 Å². The number of nitrogens with two attached hydrogens (primary N) is 1. The molecule has 108 valence electrons. The summed E-state index contributed by atoms with van der Waals surface area (Å²) in [5, 5.41) is 0. The largest absolute Gasteiger partial charge is 0.378 e. The molecule has 0 aromatic heterocycles. The van der Waals surface area contributed by atoms with Crippen molar-refractivity contribution in [2.45, 2.75) is 38.3 Å². The number of benzene rings is 1. The van der Waals surface area contributed by atoms with Crippen LogP contribution in [0.15, 0.2) is 35.3 Å². The van der Waals surface area contributed by atoms with Crippen molar-refractivity contribution < 1.29 is 4.74 Å². The summed E-state index contributed by atoms with van der Waals surface area (Å²) in [5.41, 5.74) is 7.31. The molecule has 0 bridgehead atoms. The zero-order valence-corrected chi connectivity index (χ0v) is 12.2. The Bertz CT molecular complexity index is 500. The third-order valence-electron chi connectivity index (χ3n) is 4.48. The topological polar surface area (TPSA) is 50.9 Å². The van der Waals surface area contributed by atoms with E-state index < -0.39 is 0 Å². The molecule has 0 radical (unpaired) electrons. The summed E-state index contributed by atoms with van der Waals surface area (Å²) in [7, 11) is 0. The maximum absolute atomic E-state index is 6.17. The predicted molar refractivity (Wildman–Crippen MR) is 82.0 cm³/mol. The van der Waals surface area contributed by atoms with Crippen molar-refractivity contribution in [2.24, 2.45) is 16.6 Å². The zero-order chi connectivity index (χ0) is 14.2. The highest BCUT2D eigenvalue weighted by atomic mass is 16.5. The van der Waals surface area contributed by atoms with Crippen LogP contribution in [-0.2, 0) is 4.74 Å². The number of guanidine groups is 1. The molecule has 2 aliphatic heterocycles. The molecule has 1 saturated heterocycles. The van der Waals surface area contributed by atoms with Gasteiger partial charge in [-0.3, -0.25) is 4.99 Å². The van der Waals surface area contributed by atoms with Crippen molar-refractivity contribution in [3.8, 4) is 0 Å². The van der Waals surface area contributed by atoms with Crippen LogP contribution in [0.1, 0.15) is 26.7 Å². The molecule has 0 amide bonds. The number of para-hydroxylation sites is 1. The van der Waals surface area contributed by atoms with Gasteiger partial charge in [0.2, 0.25) is 0 Å². The third kappa shape index (κ3) is 2.18. The molecule has 2 N–H and O–H groups in total. The number of rotatable bonds is 2. The summed E-state index contributed by atoms with van der Waals surface area (Å²) < 4.78 is 5.93. The van der Waals surface area contributed by atoms with Crippen LogP contribution in [0.3, 0.4) is 0 Å². The van der Waals surface area contributed by atoms with Crippen LogP contribution in [0, 0.1) is 5.92 Å². The molecule has 3 rings (SSSR count). The van der Waals surface area contributed by atoms with Crippen LogP contribution >= 0.6 is 0 Å². The molecule has 0 saturated carbocycles. The summed E-state index contributed by atoms with van der Waals surface area (Å²) in [4.78, 5) is 6.76. The lowest BCUT2D eigenvalue weighted by molar-refractivity contribution is -0.0380. The average Bonchev–Trinajstić information content (AvgIpc) is 2.76. The molecule has 4 nitrogen and oxygen atoms in total. The van der Waals surface area contributed by atoms with Crippen LogP contribution in [0.5, 0.6) is 0 Å². The lowest BCUT2D eigenvalue weighted by atomic mass is 9.82.